The minimum absolute atomic E-state index is 1.25. The summed E-state index contributed by atoms with van der Waals surface area (Å²) in [6.07, 6.45) is 12.6. The van der Waals surface area contributed by atoms with Crippen LogP contribution < -0.4 is 0 Å². The molecule has 0 aromatic heterocycles. The molecule has 0 spiro atoms. The number of unbranched alkanes of at least 4 members (excludes halogenated alkanes) is 3. The molecule has 0 N–H and O–H groups in total. The third-order valence-corrected chi connectivity index (χ3v) is 19.8. The first kappa shape index (κ1) is 19.5. The molecule has 0 nitrogen and oxygen atoms in total. The van der Waals surface area contributed by atoms with Gasteiger partial charge in [-0.2, -0.15) is 0 Å². The van der Waals surface area contributed by atoms with Crippen LogP contribution in [0.2, 0.25) is 17.7 Å². The van der Waals surface area contributed by atoms with Crippen LogP contribution in [0.15, 0.2) is 11.6 Å². The van der Waals surface area contributed by atoms with E-state index in [-0.39, 0.29) is 0 Å². The summed E-state index contributed by atoms with van der Waals surface area (Å²) < 4.78 is 6.49. The molecule has 0 heterocycles. The Labute approximate surface area is 127 Å². The van der Waals surface area contributed by atoms with E-state index in [4.69, 9.17) is 0 Å². The van der Waals surface area contributed by atoms with Gasteiger partial charge in [-0.3, -0.25) is 0 Å². The third-order valence-electron chi connectivity index (χ3n) is 4.62. The SMILES string of the molecule is CCC[CH2][Sn]([CH2]/C=C(/C)CC)([CH2]CCC)[CH2]CCC. The summed E-state index contributed by atoms with van der Waals surface area (Å²) in [7, 11) is 0. The molecule has 114 valence electrons. The van der Waals surface area contributed by atoms with E-state index in [1.807, 2.05) is 0 Å². The van der Waals surface area contributed by atoms with E-state index < -0.39 is 18.4 Å². The minimum atomic E-state index is -1.85. The maximum atomic E-state index is 2.64. The molecule has 0 bridgehead atoms. The van der Waals surface area contributed by atoms with Gasteiger partial charge in [0.15, 0.2) is 0 Å². The van der Waals surface area contributed by atoms with Crippen LogP contribution in [0.5, 0.6) is 0 Å². The molecule has 0 saturated heterocycles. The molecule has 0 atom stereocenters. The number of hydrogen-bond donors (Lipinski definition) is 0. The Morgan fingerprint density at radius 2 is 1.21 bits per heavy atom. The zero-order chi connectivity index (χ0) is 14.6. The molecule has 0 fully saturated rings. The standard InChI is InChI=1S/C6H11.3C4H9.Sn/c1-4-6(3)5-2;3*1-3-4-2;/h4H,1,5H2,2-3H3;3*1,3-4H2,2H3;/b6-4-;;;;. The van der Waals surface area contributed by atoms with Gasteiger partial charge in [0, 0.05) is 0 Å². The molecule has 0 aliphatic carbocycles. The van der Waals surface area contributed by atoms with E-state index in [0.717, 1.165) is 0 Å². The van der Waals surface area contributed by atoms with Gasteiger partial charge in [0.2, 0.25) is 0 Å². The predicted molar refractivity (Wildman–Crippen MR) is 93.8 cm³/mol. The fourth-order valence-corrected chi connectivity index (χ4v) is 18.4. The van der Waals surface area contributed by atoms with Crippen LogP contribution in [-0.2, 0) is 0 Å². The Kier molecular flexibility index (Phi) is 12.6. The van der Waals surface area contributed by atoms with Gasteiger partial charge in [0.1, 0.15) is 0 Å². The summed E-state index contributed by atoms with van der Waals surface area (Å²) in [4.78, 5) is 0. The van der Waals surface area contributed by atoms with Crippen molar-refractivity contribution >= 4 is 18.4 Å². The number of allylic oxidation sites excluding steroid dienone is 2. The quantitative estimate of drug-likeness (QED) is 0.251. The molecule has 0 aliphatic rings. The Morgan fingerprint density at radius 3 is 1.53 bits per heavy atom. The fraction of sp³-hybridized carbons (Fsp3) is 0.889. The third kappa shape index (κ3) is 9.15. The van der Waals surface area contributed by atoms with Gasteiger partial charge in [0.25, 0.3) is 0 Å². The normalized spacial score (nSPS) is 13.0. The second-order valence-corrected chi connectivity index (χ2v) is 20.4. The van der Waals surface area contributed by atoms with Crippen LogP contribution in [-0.4, -0.2) is 18.4 Å². The summed E-state index contributed by atoms with van der Waals surface area (Å²) in [5, 5.41) is 0. The fourth-order valence-electron chi connectivity index (χ4n) is 2.87. The molecule has 0 rings (SSSR count). The van der Waals surface area contributed by atoms with Crippen LogP contribution in [0.1, 0.15) is 79.6 Å². The van der Waals surface area contributed by atoms with Gasteiger partial charge in [-0.05, 0) is 0 Å². The zero-order valence-corrected chi connectivity index (χ0v) is 17.2. The first-order chi connectivity index (χ1) is 9.14. The monoisotopic (exact) mass is 374 g/mol. The van der Waals surface area contributed by atoms with Gasteiger partial charge < -0.3 is 0 Å². The van der Waals surface area contributed by atoms with Crippen LogP contribution in [0.3, 0.4) is 0 Å². The topological polar surface area (TPSA) is 0 Å². The summed E-state index contributed by atoms with van der Waals surface area (Å²) in [5.41, 5.74) is 1.63. The molecule has 19 heavy (non-hydrogen) atoms. The summed E-state index contributed by atoms with van der Waals surface area (Å²) in [6.45, 7) is 11.7. The summed E-state index contributed by atoms with van der Waals surface area (Å²) >= 11 is -1.85. The second kappa shape index (κ2) is 12.3. The Balaban J connectivity index is 4.75. The number of rotatable bonds is 12. The zero-order valence-electron chi connectivity index (χ0n) is 14.4. The molecule has 0 aliphatic heterocycles. The molecule has 0 aromatic rings. The van der Waals surface area contributed by atoms with Crippen molar-refractivity contribution < 1.29 is 0 Å². The van der Waals surface area contributed by atoms with E-state index in [2.05, 4.69) is 40.7 Å². The van der Waals surface area contributed by atoms with Gasteiger partial charge in [0.05, 0.1) is 0 Å². The Hall–Kier alpha value is 0.539. The van der Waals surface area contributed by atoms with E-state index >= 15 is 0 Å². The molecule has 0 unspecified atom stereocenters. The first-order valence-electron chi connectivity index (χ1n) is 8.79. The average Bonchev–Trinajstić information content (AvgIpc) is 2.45. The van der Waals surface area contributed by atoms with Crippen LogP contribution >= 0.6 is 0 Å². The van der Waals surface area contributed by atoms with Crippen molar-refractivity contribution in [2.75, 3.05) is 0 Å². The van der Waals surface area contributed by atoms with Gasteiger partial charge in [-0.15, -0.1) is 0 Å². The average molecular weight is 373 g/mol. The van der Waals surface area contributed by atoms with E-state index in [1.165, 1.54) is 49.4 Å². The van der Waals surface area contributed by atoms with Crippen LogP contribution in [0, 0.1) is 0 Å². The molecular weight excluding hydrogens is 335 g/mol. The Morgan fingerprint density at radius 1 is 0.789 bits per heavy atom. The van der Waals surface area contributed by atoms with Gasteiger partial charge in [-0.1, -0.05) is 0 Å². The molecular formula is C18H38Sn. The molecule has 1 heteroatoms. The van der Waals surface area contributed by atoms with Gasteiger partial charge >= 0.3 is 127 Å². The van der Waals surface area contributed by atoms with Gasteiger partial charge in [-0.25, -0.2) is 0 Å². The number of hydrogen-bond acceptors (Lipinski definition) is 0. The van der Waals surface area contributed by atoms with Crippen molar-refractivity contribution in [1.29, 1.82) is 0 Å². The van der Waals surface area contributed by atoms with Crippen molar-refractivity contribution in [3.8, 4) is 0 Å². The van der Waals surface area contributed by atoms with Crippen LogP contribution in [0.4, 0.5) is 0 Å². The van der Waals surface area contributed by atoms with E-state index in [0.29, 0.717) is 0 Å². The Bertz CT molecular complexity index is 208. The van der Waals surface area contributed by atoms with Crippen molar-refractivity contribution in [2.24, 2.45) is 0 Å². The maximum absolute atomic E-state index is 2.64. The summed E-state index contributed by atoms with van der Waals surface area (Å²) in [6, 6.07) is 0. The van der Waals surface area contributed by atoms with Crippen LogP contribution in [0.25, 0.3) is 0 Å². The first-order valence-corrected chi connectivity index (χ1v) is 16.9. The predicted octanol–water partition coefficient (Wildman–Crippen LogP) is 7.19. The van der Waals surface area contributed by atoms with Crippen molar-refractivity contribution in [1.82, 2.24) is 0 Å². The van der Waals surface area contributed by atoms with Crippen molar-refractivity contribution in [3.05, 3.63) is 11.6 Å². The second-order valence-electron chi connectivity index (χ2n) is 6.42. The molecule has 0 aromatic carbocycles. The van der Waals surface area contributed by atoms with E-state index in [9.17, 15) is 0 Å². The molecule has 0 radical (unpaired) electrons. The van der Waals surface area contributed by atoms with E-state index in [1.54, 1.807) is 18.9 Å². The molecule has 0 amide bonds. The molecule has 0 saturated carbocycles. The van der Waals surface area contributed by atoms with Crippen molar-refractivity contribution in [3.63, 3.8) is 0 Å². The van der Waals surface area contributed by atoms with Crippen molar-refractivity contribution in [2.45, 2.75) is 97.3 Å². The summed E-state index contributed by atoms with van der Waals surface area (Å²) in [5.74, 6) is 0.